The second-order valence-electron chi connectivity index (χ2n) is 4.87. The van der Waals surface area contributed by atoms with Crippen LogP contribution in [0, 0.1) is 0 Å². The van der Waals surface area contributed by atoms with Crippen molar-refractivity contribution in [1.82, 2.24) is 5.32 Å². The maximum Gasteiger partial charge on any atom is 0.123 e. The normalized spacial score (nSPS) is 22.7. The van der Waals surface area contributed by atoms with Crippen LogP contribution in [0.2, 0.25) is 5.02 Å². The fourth-order valence-electron chi connectivity index (χ4n) is 2.70. The monoisotopic (exact) mass is 299 g/mol. The zero-order valence-electron chi connectivity index (χ0n) is 11.6. The Morgan fingerprint density at radius 3 is 3.00 bits per heavy atom. The molecule has 0 aliphatic heterocycles. The Morgan fingerprint density at radius 1 is 1.42 bits per heavy atom. The molecule has 1 fully saturated rings. The number of hydrogen-bond acceptors (Lipinski definition) is 3. The molecule has 106 valence electrons. The Hall–Kier alpha value is -0.380. The van der Waals surface area contributed by atoms with Gasteiger partial charge in [-0.3, -0.25) is 0 Å². The molecule has 0 aromatic heterocycles. The number of rotatable bonds is 6. The van der Waals surface area contributed by atoms with Crippen molar-refractivity contribution in [2.24, 2.45) is 0 Å². The lowest BCUT2D eigenvalue weighted by atomic mass is 10.1. The highest BCUT2D eigenvalue weighted by Crippen LogP contribution is 2.30. The Morgan fingerprint density at radius 2 is 2.26 bits per heavy atom. The number of thioether (sulfide) groups is 1. The summed E-state index contributed by atoms with van der Waals surface area (Å²) in [4.78, 5) is 0. The van der Waals surface area contributed by atoms with Gasteiger partial charge in [-0.15, -0.1) is 0 Å². The van der Waals surface area contributed by atoms with Crippen LogP contribution in [0.3, 0.4) is 0 Å². The Bertz CT molecular complexity index is 413. The molecular weight excluding hydrogens is 278 g/mol. The number of hydrogen-bond donors (Lipinski definition) is 1. The zero-order chi connectivity index (χ0) is 13.7. The van der Waals surface area contributed by atoms with Crippen LogP contribution < -0.4 is 10.1 Å². The van der Waals surface area contributed by atoms with E-state index in [1.165, 1.54) is 25.0 Å². The van der Waals surface area contributed by atoms with E-state index in [9.17, 15) is 0 Å². The van der Waals surface area contributed by atoms with Crippen molar-refractivity contribution in [2.45, 2.75) is 44.0 Å². The van der Waals surface area contributed by atoms with Crippen molar-refractivity contribution in [2.75, 3.05) is 12.9 Å². The average Bonchev–Trinajstić information content (AvgIpc) is 2.84. The minimum atomic E-state index is 0.619. The Balaban J connectivity index is 1.96. The fraction of sp³-hybridized carbons (Fsp3) is 0.600. The van der Waals surface area contributed by atoms with Gasteiger partial charge in [0.05, 0.1) is 7.11 Å². The summed E-state index contributed by atoms with van der Waals surface area (Å²) < 4.78 is 5.39. The predicted molar refractivity (Wildman–Crippen MR) is 84.4 cm³/mol. The highest BCUT2D eigenvalue weighted by molar-refractivity contribution is 7.99. The minimum absolute atomic E-state index is 0.619. The maximum atomic E-state index is 6.06. The van der Waals surface area contributed by atoms with E-state index in [1.54, 1.807) is 7.11 Å². The van der Waals surface area contributed by atoms with E-state index in [1.807, 2.05) is 18.2 Å². The molecule has 1 aliphatic rings. The summed E-state index contributed by atoms with van der Waals surface area (Å²) in [5.74, 6) is 2.11. The predicted octanol–water partition coefficient (Wildman–Crippen LogP) is 4.11. The van der Waals surface area contributed by atoms with E-state index in [0.717, 1.165) is 28.1 Å². The summed E-state index contributed by atoms with van der Waals surface area (Å²) in [6.07, 6.45) is 3.95. The minimum Gasteiger partial charge on any atom is -0.496 e. The lowest BCUT2D eigenvalue weighted by Gasteiger charge is -2.21. The summed E-state index contributed by atoms with van der Waals surface area (Å²) in [5, 5.41) is 5.20. The zero-order valence-corrected chi connectivity index (χ0v) is 13.2. The van der Waals surface area contributed by atoms with Crippen molar-refractivity contribution >= 4 is 23.4 Å². The highest BCUT2D eigenvalue weighted by atomic mass is 35.5. The maximum absolute atomic E-state index is 6.06. The standard InChI is InChI=1S/C15H22ClNOS/c1-3-19-15-6-4-5-13(15)17-10-11-9-12(16)7-8-14(11)18-2/h7-9,13,15,17H,3-6,10H2,1-2H3. The molecule has 2 unspecified atom stereocenters. The number of methoxy groups -OCH3 is 1. The average molecular weight is 300 g/mol. The molecule has 0 saturated heterocycles. The third kappa shape index (κ3) is 4.04. The molecule has 0 heterocycles. The highest BCUT2D eigenvalue weighted by Gasteiger charge is 2.26. The molecule has 1 aromatic rings. The fourth-order valence-corrected chi connectivity index (χ4v) is 4.12. The molecular formula is C15H22ClNOS. The number of nitrogens with one attached hydrogen (secondary N) is 1. The molecule has 0 radical (unpaired) electrons. The van der Waals surface area contributed by atoms with Crippen LogP contribution in [0.15, 0.2) is 18.2 Å². The van der Waals surface area contributed by atoms with Gasteiger partial charge in [0.15, 0.2) is 0 Å². The molecule has 19 heavy (non-hydrogen) atoms. The van der Waals surface area contributed by atoms with Crippen LogP contribution in [0.1, 0.15) is 31.7 Å². The van der Waals surface area contributed by atoms with Crippen molar-refractivity contribution in [3.63, 3.8) is 0 Å². The van der Waals surface area contributed by atoms with Gasteiger partial charge in [-0.05, 0) is 36.8 Å². The summed E-state index contributed by atoms with van der Waals surface area (Å²) in [6, 6.07) is 6.42. The summed E-state index contributed by atoms with van der Waals surface area (Å²) in [5.41, 5.74) is 1.14. The number of ether oxygens (including phenoxy) is 1. The Kier molecular flexibility index (Phi) is 5.86. The van der Waals surface area contributed by atoms with Crippen LogP contribution in [0.5, 0.6) is 5.75 Å². The van der Waals surface area contributed by atoms with E-state index in [4.69, 9.17) is 16.3 Å². The van der Waals surface area contributed by atoms with Crippen molar-refractivity contribution in [3.8, 4) is 5.75 Å². The first-order valence-electron chi connectivity index (χ1n) is 6.92. The summed E-state index contributed by atoms with van der Waals surface area (Å²) in [7, 11) is 1.71. The lowest BCUT2D eigenvalue weighted by Crippen LogP contribution is -2.33. The summed E-state index contributed by atoms with van der Waals surface area (Å²) in [6.45, 7) is 3.06. The number of halogens is 1. The molecule has 0 bridgehead atoms. The van der Waals surface area contributed by atoms with Crippen LogP contribution in [0.4, 0.5) is 0 Å². The first-order valence-corrected chi connectivity index (χ1v) is 8.34. The summed E-state index contributed by atoms with van der Waals surface area (Å²) >= 11 is 8.14. The SMILES string of the molecule is CCSC1CCCC1NCc1cc(Cl)ccc1OC. The first-order chi connectivity index (χ1) is 9.24. The van der Waals surface area contributed by atoms with Crippen molar-refractivity contribution in [1.29, 1.82) is 0 Å². The van der Waals surface area contributed by atoms with Crippen LogP contribution in [-0.2, 0) is 6.54 Å². The van der Waals surface area contributed by atoms with Crippen LogP contribution in [-0.4, -0.2) is 24.2 Å². The molecule has 0 amide bonds. The molecule has 1 aliphatic carbocycles. The second kappa shape index (κ2) is 7.41. The van der Waals surface area contributed by atoms with Gasteiger partial charge < -0.3 is 10.1 Å². The van der Waals surface area contributed by atoms with Crippen LogP contribution >= 0.6 is 23.4 Å². The molecule has 1 aromatic carbocycles. The van der Waals surface area contributed by atoms with Gasteiger partial charge >= 0.3 is 0 Å². The third-order valence-electron chi connectivity index (χ3n) is 3.63. The van der Waals surface area contributed by atoms with Gasteiger partial charge in [0.2, 0.25) is 0 Å². The molecule has 4 heteroatoms. The smallest absolute Gasteiger partial charge is 0.123 e. The number of benzene rings is 1. The molecule has 2 rings (SSSR count). The van der Waals surface area contributed by atoms with Gasteiger partial charge in [0, 0.05) is 28.4 Å². The lowest BCUT2D eigenvalue weighted by molar-refractivity contribution is 0.405. The molecule has 1 N–H and O–H groups in total. The first kappa shape index (κ1) is 15.0. The van der Waals surface area contributed by atoms with Gasteiger partial charge in [0.25, 0.3) is 0 Å². The third-order valence-corrected chi connectivity index (χ3v) is 5.19. The molecule has 1 saturated carbocycles. The van der Waals surface area contributed by atoms with Crippen LogP contribution in [0.25, 0.3) is 0 Å². The van der Waals surface area contributed by atoms with E-state index in [2.05, 4.69) is 24.0 Å². The van der Waals surface area contributed by atoms with E-state index in [-0.39, 0.29) is 0 Å². The topological polar surface area (TPSA) is 21.3 Å². The quantitative estimate of drug-likeness (QED) is 0.854. The largest absolute Gasteiger partial charge is 0.496 e. The molecule has 2 nitrogen and oxygen atoms in total. The van der Waals surface area contributed by atoms with Gasteiger partial charge in [-0.1, -0.05) is 24.9 Å². The van der Waals surface area contributed by atoms with E-state index >= 15 is 0 Å². The molecule has 2 atom stereocenters. The van der Waals surface area contributed by atoms with Crippen molar-refractivity contribution < 1.29 is 4.74 Å². The van der Waals surface area contributed by atoms with Crippen molar-refractivity contribution in [3.05, 3.63) is 28.8 Å². The van der Waals surface area contributed by atoms with Gasteiger partial charge in [-0.25, -0.2) is 0 Å². The Labute approximate surface area is 125 Å². The van der Waals surface area contributed by atoms with Gasteiger partial charge in [-0.2, -0.15) is 11.8 Å². The molecule has 0 spiro atoms. The van der Waals surface area contributed by atoms with Gasteiger partial charge in [0.1, 0.15) is 5.75 Å². The van der Waals surface area contributed by atoms with E-state index < -0.39 is 0 Å². The second-order valence-corrected chi connectivity index (χ2v) is 6.82. The van der Waals surface area contributed by atoms with E-state index in [0.29, 0.717) is 6.04 Å².